The molecule has 7 nitrogen and oxygen atoms in total. The molecule has 0 spiro atoms. The Kier molecular flexibility index (Phi) is 5.67. The number of nitrogens with zero attached hydrogens (tertiary/aromatic N) is 5. The van der Waals surface area contributed by atoms with E-state index in [9.17, 15) is 10.1 Å². The zero-order valence-corrected chi connectivity index (χ0v) is 16.6. The molecule has 2 N–H and O–H groups in total. The van der Waals surface area contributed by atoms with E-state index >= 15 is 0 Å². The van der Waals surface area contributed by atoms with Crippen LogP contribution in [0.15, 0.2) is 5.16 Å². The minimum absolute atomic E-state index is 0.0752. The van der Waals surface area contributed by atoms with Crippen LogP contribution in [-0.4, -0.2) is 43.5 Å². The summed E-state index contributed by atoms with van der Waals surface area (Å²) < 4.78 is 1.45. The lowest BCUT2D eigenvalue weighted by molar-refractivity contribution is -0.133. The molecule has 25 heavy (non-hydrogen) atoms. The number of hydrogen-bond donors (Lipinski definition) is 1. The lowest BCUT2D eigenvalue weighted by Crippen LogP contribution is -2.52. The van der Waals surface area contributed by atoms with Crippen molar-refractivity contribution in [2.45, 2.75) is 81.2 Å². The zero-order valence-electron chi connectivity index (χ0n) is 15.7. The molecule has 1 atom stereocenters. The average Bonchev–Trinajstić information content (AvgIpc) is 2.94. The predicted octanol–water partition coefficient (Wildman–Crippen LogP) is 2.45. The molecule has 1 unspecified atom stereocenters. The summed E-state index contributed by atoms with van der Waals surface area (Å²) in [7, 11) is 1.74. The number of nitrogens with two attached hydrogens (primary N) is 1. The molecular formula is C17H28N6OS. The van der Waals surface area contributed by atoms with E-state index in [-0.39, 0.29) is 11.3 Å². The summed E-state index contributed by atoms with van der Waals surface area (Å²) in [5.74, 6) is 6.70. The summed E-state index contributed by atoms with van der Waals surface area (Å²) in [5.41, 5.74) is -0.908. The van der Waals surface area contributed by atoms with Gasteiger partial charge in [0.1, 0.15) is 5.54 Å². The van der Waals surface area contributed by atoms with E-state index in [1.807, 2.05) is 27.7 Å². The largest absolute Gasteiger partial charge is 0.336 e. The average molecular weight is 365 g/mol. The van der Waals surface area contributed by atoms with E-state index in [1.165, 1.54) is 16.4 Å². The molecule has 2 rings (SSSR count). The van der Waals surface area contributed by atoms with E-state index in [4.69, 9.17) is 5.84 Å². The lowest BCUT2D eigenvalue weighted by atomic mass is 9.81. The van der Waals surface area contributed by atoms with Gasteiger partial charge in [0.2, 0.25) is 11.1 Å². The van der Waals surface area contributed by atoms with Crippen LogP contribution in [0.4, 0.5) is 0 Å². The molecule has 0 aromatic carbocycles. The lowest BCUT2D eigenvalue weighted by Gasteiger charge is -2.40. The third-order valence-corrected chi connectivity index (χ3v) is 5.87. The van der Waals surface area contributed by atoms with Crippen LogP contribution in [0, 0.1) is 11.3 Å². The highest BCUT2D eigenvalue weighted by Crippen LogP contribution is 2.34. The third kappa shape index (κ3) is 3.92. The Balaban J connectivity index is 2.13. The molecule has 1 fully saturated rings. The third-order valence-electron chi connectivity index (χ3n) is 4.83. The van der Waals surface area contributed by atoms with Gasteiger partial charge in [0, 0.05) is 12.5 Å². The maximum absolute atomic E-state index is 12.9. The smallest absolute Gasteiger partial charge is 0.236 e. The first kappa shape index (κ1) is 19.6. The number of rotatable bonds is 4. The van der Waals surface area contributed by atoms with E-state index in [0.29, 0.717) is 11.0 Å². The van der Waals surface area contributed by atoms with E-state index in [2.05, 4.69) is 16.3 Å². The maximum Gasteiger partial charge on any atom is 0.236 e. The van der Waals surface area contributed by atoms with Crippen LogP contribution in [0.5, 0.6) is 0 Å². The van der Waals surface area contributed by atoms with Gasteiger partial charge in [-0.1, -0.05) is 51.8 Å². The van der Waals surface area contributed by atoms with Crippen molar-refractivity contribution in [2.75, 3.05) is 12.9 Å². The Morgan fingerprint density at radius 3 is 2.44 bits per heavy atom. The fourth-order valence-electron chi connectivity index (χ4n) is 3.22. The first-order valence-corrected chi connectivity index (χ1v) is 9.57. The molecule has 0 bridgehead atoms. The Labute approximate surface area is 153 Å². The van der Waals surface area contributed by atoms with Crippen LogP contribution in [0.25, 0.3) is 0 Å². The fraction of sp³-hybridized carbons (Fsp3) is 0.765. The van der Waals surface area contributed by atoms with Gasteiger partial charge in [0.15, 0.2) is 5.82 Å². The van der Waals surface area contributed by atoms with Crippen LogP contribution in [0.3, 0.4) is 0 Å². The second-order valence-corrected chi connectivity index (χ2v) is 9.10. The van der Waals surface area contributed by atoms with Crippen molar-refractivity contribution in [2.24, 2.45) is 0 Å². The summed E-state index contributed by atoms with van der Waals surface area (Å²) in [6.45, 7) is 7.85. The second-order valence-electron chi connectivity index (χ2n) is 7.79. The highest BCUT2D eigenvalue weighted by Gasteiger charge is 2.40. The SMILES string of the molecule is CC(Sc1nnc(C(C)(C)C)n1N)C(=O)N(C)C1(C#N)CCCCC1. The van der Waals surface area contributed by atoms with Crippen LogP contribution >= 0.6 is 11.8 Å². The van der Waals surface area contributed by atoms with Gasteiger partial charge in [-0.05, 0) is 19.8 Å². The molecule has 1 aromatic heterocycles. The summed E-state index contributed by atoms with van der Waals surface area (Å²) in [6.07, 6.45) is 4.58. The maximum atomic E-state index is 12.9. The minimum Gasteiger partial charge on any atom is -0.336 e. The fourth-order valence-corrected chi connectivity index (χ4v) is 4.08. The van der Waals surface area contributed by atoms with Crippen molar-refractivity contribution in [3.8, 4) is 6.07 Å². The quantitative estimate of drug-likeness (QED) is 0.650. The highest BCUT2D eigenvalue weighted by molar-refractivity contribution is 8.00. The number of carbonyl (C=O) groups is 1. The molecule has 0 radical (unpaired) electrons. The number of nitriles is 1. The first-order chi connectivity index (χ1) is 11.6. The van der Waals surface area contributed by atoms with Gasteiger partial charge in [-0.3, -0.25) is 4.79 Å². The molecule has 8 heteroatoms. The van der Waals surface area contributed by atoms with Crippen molar-refractivity contribution in [1.82, 2.24) is 19.8 Å². The van der Waals surface area contributed by atoms with Gasteiger partial charge in [0.25, 0.3) is 0 Å². The standard InChI is InChI=1S/C17H28N6OS/c1-12(25-15-21-20-14(23(15)19)16(2,3)4)13(24)22(5)17(11-18)9-7-6-8-10-17/h12H,6-10,19H2,1-5H3. The van der Waals surface area contributed by atoms with E-state index in [0.717, 1.165) is 32.1 Å². The van der Waals surface area contributed by atoms with Crippen molar-refractivity contribution in [3.63, 3.8) is 0 Å². The summed E-state index contributed by atoms with van der Waals surface area (Å²) in [4.78, 5) is 14.5. The zero-order chi connectivity index (χ0) is 18.8. The van der Waals surface area contributed by atoms with Crippen LogP contribution in [0.1, 0.15) is 65.6 Å². The van der Waals surface area contributed by atoms with Gasteiger partial charge in [-0.2, -0.15) is 5.26 Å². The van der Waals surface area contributed by atoms with Crippen LogP contribution < -0.4 is 5.84 Å². The normalized spacial score (nSPS) is 18.4. The number of aromatic nitrogens is 3. The van der Waals surface area contributed by atoms with Crippen LogP contribution in [-0.2, 0) is 10.2 Å². The molecule has 1 heterocycles. The molecule has 0 aliphatic heterocycles. The highest BCUT2D eigenvalue weighted by atomic mass is 32.2. The molecule has 1 aliphatic rings. The number of amides is 1. The van der Waals surface area contributed by atoms with Gasteiger partial charge < -0.3 is 10.7 Å². The molecule has 1 aromatic rings. The number of hydrogen-bond acceptors (Lipinski definition) is 6. The number of thioether (sulfide) groups is 1. The monoisotopic (exact) mass is 364 g/mol. The van der Waals surface area contributed by atoms with Gasteiger partial charge in [-0.15, -0.1) is 10.2 Å². The van der Waals surface area contributed by atoms with Crippen molar-refractivity contribution < 1.29 is 4.79 Å². The van der Waals surface area contributed by atoms with Crippen molar-refractivity contribution >= 4 is 17.7 Å². The molecule has 1 amide bonds. The molecular weight excluding hydrogens is 336 g/mol. The Morgan fingerprint density at radius 1 is 1.36 bits per heavy atom. The molecule has 1 saturated carbocycles. The summed E-state index contributed by atoms with van der Waals surface area (Å²) in [6, 6.07) is 2.39. The second kappa shape index (κ2) is 7.24. The van der Waals surface area contributed by atoms with E-state index < -0.39 is 10.8 Å². The van der Waals surface area contributed by atoms with Crippen molar-refractivity contribution in [3.05, 3.63) is 5.82 Å². The van der Waals surface area contributed by atoms with Crippen molar-refractivity contribution in [1.29, 1.82) is 5.26 Å². The predicted molar refractivity (Wildman–Crippen MR) is 98.4 cm³/mol. The summed E-state index contributed by atoms with van der Waals surface area (Å²) >= 11 is 1.28. The van der Waals surface area contributed by atoms with Crippen LogP contribution in [0.2, 0.25) is 0 Å². The Bertz CT molecular complexity index is 666. The van der Waals surface area contributed by atoms with Gasteiger partial charge in [0.05, 0.1) is 11.3 Å². The molecule has 138 valence electrons. The topological polar surface area (TPSA) is 101 Å². The number of carbonyl (C=O) groups excluding carboxylic acids is 1. The Hall–Kier alpha value is -1.75. The summed E-state index contributed by atoms with van der Waals surface area (Å²) in [5, 5.41) is 18.1. The molecule has 1 aliphatic carbocycles. The molecule has 0 saturated heterocycles. The van der Waals surface area contributed by atoms with Gasteiger partial charge in [-0.25, -0.2) is 4.68 Å². The van der Waals surface area contributed by atoms with Gasteiger partial charge >= 0.3 is 0 Å². The first-order valence-electron chi connectivity index (χ1n) is 8.69. The minimum atomic E-state index is -0.683. The Morgan fingerprint density at radius 2 is 1.96 bits per heavy atom. The number of nitrogen functional groups attached to an aromatic ring is 1. The van der Waals surface area contributed by atoms with E-state index in [1.54, 1.807) is 11.9 Å².